The molecule has 5 nitrogen and oxygen atoms in total. The number of hydrogen-bond acceptors (Lipinski definition) is 3. The highest BCUT2D eigenvalue weighted by Crippen LogP contribution is 2.22. The van der Waals surface area contributed by atoms with Gasteiger partial charge in [-0.15, -0.1) is 0 Å². The second kappa shape index (κ2) is 10.4. The first-order valence-corrected chi connectivity index (χ1v) is 10.2. The Kier molecular flexibility index (Phi) is 7.57. The Morgan fingerprint density at radius 2 is 2.22 bits per heavy atom. The van der Waals surface area contributed by atoms with Crippen LogP contribution < -0.4 is 15.4 Å². The van der Waals surface area contributed by atoms with Crippen LogP contribution in [0.1, 0.15) is 49.7 Å². The topological polar surface area (TPSA) is 54.9 Å². The molecule has 0 saturated carbocycles. The fraction of sp³-hybridized carbons (Fsp3) is 0.591. The van der Waals surface area contributed by atoms with Gasteiger partial charge >= 0.3 is 0 Å². The summed E-state index contributed by atoms with van der Waals surface area (Å²) < 4.78 is 11.8. The van der Waals surface area contributed by atoms with E-state index in [0.717, 1.165) is 49.7 Å². The van der Waals surface area contributed by atoms with Gasteiger partial charge in [0.25, 0.3) is 0 Å². The number of allylic oxidation sites excluding steroid dienone is 1. The number of aliphatic imine (C=N–C) groups is 1. The zero-order valence-electron chi connectivity index (χ0n) is 16.7. The van der Waals surface area contributed by atoms with E-state index in [1.165, 1.54) is 24.8 Å². The minimum absolute atomic E-state index is 0.227. The van der Waals surface area contributed by atoms with E-state index in [1.807, 2.05) is 7.05 Å². The molecule has 0 radical (unpaired) electrons. The lowest BCUT2D eigenvalue weighted by Gasteiger charge is -2.17. The minimum atomic E-state index is 0.227. The molecule has 0 amide bonds. The maximum atomic E-state index is 6.08. The number of rotatable bonds is 8. The Morgan fingerprint density at radius 3 is 2.96 bits per heavy atom. The molecular formula is C22H33N3O2. The number of hydrogen-bond donors (Lipinski definition) is 2. The molecule has 1 saturated heterocycles. The molecule has 0 aromatic heterocycles. The highest BCUT2D eigenvalue weighted by molar-refractivity contribution is 5.79. The lowest BCUT2D eigenvalue weighted by atomic mass is 10.1. The van der Waals surface area contributed by atoms with Gasteiger partial charge in [0, 0.05) is 32.3 Å². The first kappa shape index (κ1) is 19.7. The predicted octanol–water partition coefficient (Wildman–Crippen LogP) is 3.72. The van der Waals surface area contributed by atoms with Gasteiger partial charge in [0.15, 0.2) is 5.96 Å². The van der Waals surface area contributed by atoms with E-state index in [0.29, 0.717) is 13.2 Å². The lowest BCUT2D eigenvalue weighted by molar-refractivity contribution is 0.0676. The van der Waals surface area contributed by atoms with Crippen LogP contribution in [0.2, 0.25) is 0 Å². The largest absolute Gasteiger partial charge is 0.491 e. The molecule has 3 rings (SSSR count). The SMILES string of the molecule is CN=C(NCCC1=CCCC1)NCc1ccc(C)cc1OCC1CCCO1. The summed E-state index contributed by atoms with van der Waals surface area (Å²) in [6.45, 7) is 5.17. The van der Waals surface area contributed by atoms with Crippen LogP contribution in [0.3, 0.4) is 0 Å². The number of ether oxygens (including phenoxy) is 2. The van der Waals surface area contributed by atoms with E-state index >= 15 is 0 Å². The van der Waals surface area contributed by atoms with E-state index in [1.54, 1.807) is 5.57 Å². The molecule has 0 bridgehead atoms. The van der Waals surface area contributed by atoms with Crippen LogP contribution in [0.4, 0.5) is 0 Å². The average Bonchev–Trinajstić information content (AvgIpc) is 3.37. The number of aryl methyl sites for hydroxylation is 1. The van der Waals surface area contributed by atoms with Crippen molar-refractivity contribution in [1.29, 1.82) is 0 Å². The van der Waals surface area contributed by atoms with Gasteiger partial charge < -0.3 is 20.1 Å². The number of nitrogens with zero attached hydrogens (tertiary/aromatic N) is 1. The van der Waals surface area contributed by atoms with Crippen molar-refractivity contribution < 1.29 is 9.47 Å². The van der Waals surface area contributed by atoms with E-state index in [9.17, 15) is 0 Å². The Bertz CT molecular complexity index is 664. The third-order valence-electron chi connectivity index (χ3n) is 5.21. The first-order chi connectivity index (χ1) is 13.2. The second-order valence-electron chi connectivity index (χ2n) is 7.41. The van der Waals surface area contributed by atoms with Crippen LogP contribution in [-0.4, -0.2) is 38.9 Å². The predicted molar refractivity (Wildman–Crippen MR) is 110 cm³/mol. The van der Waals surface area contributed by atoms with Gasteiger partial charge in [-0.25, -0.2) is 0 Å². The molecule has 2 N–H and O–H groups in total. The van der Waals surface area contributed by atoms with Crippen molar-refractivity contribution in [2.45, 2.75) is 58.1 Å². The van der Waals surface area contributed by atoms with Gasteiger partial charge in [-0.2, -0.15) is 0 Å². The monoisotopic (exact) mass is 371 g/mol. The standard InChI is InChI=1S/C22H33N3O2/c1-17-9-10-19(21(14-17)27-16-20-8-5-13-26-20)15-25-22(23-2)24-12-11-18-6-3-4-7-18/h6,9-10,14,20H,3-5,7-8,11-13,15-16H2,1-2H3,(H2,23,24,25). The zero-order chi connectivity index (χ0) is 18.9. The fourth-order valence-corrected chi connectivity index (χ4v) is 3.61. The van der Waals surface area contributed by atoms with Crippen molar-refractivity contribution in [1.82, 2.24) is 10.6 Å². The van der Waals surface area contributed by atoms with Crippen LogP contribution in [-0.2, 0) is 11.3 Å². The summed E-state index contributed by atoms with van der Waals surface area (Å²) in [4.78, 5) is 4.34. The maximum Gasteiger partial charge on any atom is 0.191 e. The van der Waals surface area contributed by atoms with Gasteiger partial charge in [0.2, 0.25) is 0 Å². The fourth-order valence-electron chi connectivity index (χ4n) is 3.61. The highest BCUT2D eigenvalue weighted by Gasteiger charge is 2.17. The molecule has 1 atom stereocenters. The van der Waals surface area contributed by atoms with E-state index in [4.69, 9.17) is 9.47 Å². The summed E-state index contributed by atoms with van der Waals surface area (Å²) in [5, 5.41) is 6.82. The van der Waals surface area contributed by atoms with Crippen LogP contribution in [0.25, 0.3) is 0 Å². The summed E-state index contributed by atoms with van der Waals surface area (Å²) in [6, 6.07) is 6.36. The Morgan fingerprint density at radius 1 is 1.30 bits per heavy atom. The third-order valence-corrected chi connectivity index (χ3v) is 5.21. The van der Waals surface area contributed by atoms with Crippen molar-refractivity contribution in [3.05, 3.63) is 41.0 Å². The molecule has 1 aliphatic carbocycles. The molecule has 148 valence electrons. The van der Waals surface area contributed by atoms with E-state index in [-0.39, 0.29) is 6.10 Å². The summed E-state index contributed by atoms with van der Waals surface area (Å²) in [5.74, 6) is 1.77. The van der Waals surface area contributed by atoms with Crippen molar-refractivity contribution in [3.63, 3.8) is 0 Å². The van der Waals surface area contributed by atoms with Crippen LogP contribution in [0.15, 0.2) is 34.8 Å². The van der Waals surface area contributed by atoms with Gasteiger partial charge in [0.05, 0.1) is 6.10 Å². The normalized spacial score (nSPS) is 19.9. The number of benzene rings is 1. The molecule has 1 unspecified atom stereocenters. The molecule has 1 aliphatic heterocycles. The van der Waals surface area contributed by atoms with E-state index in [2.05, 4.69) is 46.8 Å². The molecule has 1 aromatic carbocycles. The van der Waals surface area contributed by atoms with Crippen molar-refractivity contribution in [2.75, 3.05) is 26.8 Å². The van der Waals surface area contributed by atoms with Crippen molar-refractivity contribution in [2.24, 2.45) is 4.99 Å². The minimum Gasteiger partial charge on any atom is -0.491 e. The van der Waals surface area contributed by atoms with Gasteiger partial charge in [-0.05, 0) is 57.1 Å². The lowest BCUT2D eigenvalue weighted by Crippen LogP contribution is -2.37. The summed E-state index contributed by atoms with van der Waals surface area (Å²) in [5.41, 5.74) is 3.91. The smallest absolute Gasteiger partial charge is 0.191 e. The van der Waals surface area contributed by atoms with Gasteiger partial charge in [-0.1, -0.05) is 23.8 Å². The Balaban J connectivity index is 1.49. The number of nitrogens with one attached hydrogen (secondary N) is 2. The van der Waals surface area contributed by atoms with Gasteiger partial charge in [0.1, 0.15) is 12.4 Å². The molecule has 1 heterocycles. The summed E-state index contributed by atoms with van der Waals surface area (Å²) in [7, 11) is 1.81. The molecule has 1 aromatic rings. The first-order valence-electron chi connectivity index (χ1n) is 10.2. The summed E-state index contributed by atoms with van der Waals surface area (Å²) >= 11 is 0. The van der Waals surface area contributed by atoms with Crippen LogP contribution in [0.5, 0.6) is 5.75 Å². The van der Waals surface area contributed by atoms with Crippen molar-refractivity contribution in [3.8, 4) is 5.75 Å². The Labute approximate surface area is 163 Å². The van der Waals surface area contributed by atoms with E-state index < -0.39 is 0 Å². The number of guanidine groups is 1. The van der Waals surface area contributed by atoms with Crippen molar-refractivity contribution >= 4 is 5.96 Å². The van der Waals surface area contributed by atoms with Gasteiger partial charge in [-0.3, -0.25) is 4.99 Å². The molecule has 1 fully saturated rings. The maximum absolute atomic E-state index is 6.08. The Hall–Kier alpha value is -2.01. The zero-order valence-corrected chi connectivity index (χ0v) is 16.7. The molecule has 2 aliphatic rings. The third kappa shape index (κ3) is 6.28. The average molecular weight is 372 g/mol. The highest BCUT2D eigenvalue weighted by atomic mass is 16.5. The van der Waals surface area contributed by atoms with Crippen LogP contribution >= 0.6 is 0 Å². The molecule has 27 heavy (non-hydrogen) atoms. The van der Waals surface area contributed by atoms with Crippen LogP contribution in [0, 0.1) is 6.92 Å². The molecular weight excluding hydrogens is 338 g/mol. The summed E-state index contributed by atoms with van der Waals surface area (Å²) in [6.07, 6.45) is 9.73. The second-order valence-corrected chi connectivity index (χ2v) is 7.41. The molecule has 5 heteroatoms. The molecule has 0 spiro atoms. The quantitative estimate of drug-likeness (QED) is 0.415.